The highest BCUT2D eigenvalue weighted by atomic mass is 32.2. The van der Waals surface area contributed by atoms with Gasteiger partial charge in [-0.3, -0.25) is 0 Å². The highest BCUT2D eigenvalue weighted by molar-refractivity contribution is 7.88. The van der Waals surface area contributed by atoms with Crippen LogP contribution in [0.2, 0.25) is 0 Å². The van der Waals surface area contributed by atoms with Crippen LogP contribution in [-0.4, -0.2) is 37.5 Å². The molecule has 0 fully saturated rings. The third-order valence-corrected chi connectivity index (χ3v) is 4.25. The second-order valence-corrected chi connectivity index (χ2v) is 6.23. The average molecular weight is 268 g/mol. The summed E-state index contributed by atoms with van der Waals surface area (Å²) in [5.74, 6) is -0.236. The van der Waals surface area contributed by atoms with Crippen LogP contribution in [0.15, 0.2) is 24.3 Å². The third kappa shape index (κ3) is 3.81. The smallest absolute Gasteiger partial charge is 0.218 e. The van der Waals surface area contributed by atoms with E-state index in [2.05, 4.69) is 0 Å². The zero-order valence-corrected chi connectivity index (χ0v) is 11.2. The minimum absolute atomic E-state index is 0.0387. The molecule has 1 aromatic carbocycles. The zero-order valence-electron chi connectivity index (χ0n) is 10.4. The predicted molar refractivity (Wildman–Crippen MR) is 68.1 cm³/mol. The van der Waals surface area contributed by atoms with Gasteiger partial charge in [-0.05, 0) is 18.6 Å². The highest BCUT2D eigenvalue weighted by Crippen LogP contribution is 2.14. The summed E-state index contributed by atoms with van der Waals surface area (Å²) in [4.78, 5) is 0. The van der Waals surface area contributed by atoms with E-state index in [0.29, 0.717) is 11.1 Å². The van der Waals surface area contributed by atoms with Gasteiger partial charge >= 0.3 is 0 Å². The number of rotatable bonds is 5. The van der Waals surface area contributed by atoms with Crippen molar-refractivity contribution in [3.05, 3.63) is 35.4 Å². The van der Waals surface area contributed by atoms with Crippen molar-refractivity contribution < 1.29 is 13.5 Å². The van der Waals surface area contributed by atoms with Crippen LogP contribution in [0.4, 0.5) is 0 Å². The van der Waals surface area contributed by atoms with Gasteiger partial charge < -0.3 is 5.11 Å². The molecule has 0 aliphatic rings. The van der Waals surface area contributed by atoms with Crippen molar-refractivity contribution in [2.24, 2.45) is 0 Å². The first-order valence-electron chi connectivity index (χ1n) is 5.47. The van der Waals surface area contributed by atoms with E-state index >= 15 is 0 Å². The quantitative estimate of drug-likeness (QED) is 0.852. The lowest BCUT2D eigenvalue weighted by Gasteiger charge is -2.18. The van der Waals surface area contributed by atoms with Crippen LogP contribution in [0.3, 0.4) is 0 Å². The minimum atomic E-state index is -3.52. The van der Waals surface area contributed by atoms with E-state index in [1.165, 1.54) is 14.0 Å². The Kier molecular flexibility index (Phi) is 4.84. The summed E-state index contributed by atoms with van der Waals surface area (Å²) >= 11 is 0. The van der Waals surface area contributed by atoms with Crippen LogP contribution >= 0.6 is 0 Å². The van der Waals surface area contributed by atoms with Gasteiger partial charge in [0.1, 0.15) is 0 Å². The third-order valence-electron chi connectivity index (χ3n) is 2.47. The molecule has 0 heterocycles. The first kappa shape index (κ1) is 14.6. The summed E-state index contributed by atoms with van der Waals surface area (Å²) in [7, 11) is -2.11. The van der Waals surface area contributed by atoms with Gasteiger partial charge in [-0.15, -0.1) is 0 Å². The molecule has 6 heteroatoms. The number of aliphatic hydroxyl groups excluding tert-OH is 1. The molecule has 0 saturated carbocycles. The number of hydrogen-bond donors (Lipinski definition) is 1. The van der Waals surface area contributed by atoms with Crippen molar-refractivity contribution in [2.45, 2.75) is 18.8 Å². The van der Waals surface area contributed by atoms with Gasteiger partial charge in [0.25, 0.3) is 0 Å². The molecule has 1 aromatic rings. The molecular formula is C12H16N2O3S. The summed E-state index contributed by atoms with van der Waals surface area (Å²) in [6.45, 7) is 1.56. The number of aliphatic hydroxyl groups is 1. The average Bonchev–Trinajstić information content (AvgIpc) is 2.28. The number of nitriles is 1. The number of likely N-dealkylation sites (N-methyl/N-ethyl adjacent to an activating group) is 1. The second-order valence-electron chi connectivity index (χ2n) is 4.15. The van der Waals surface area contributed by atoms with E-state index in [9.17, 15) is 13.5 Å². The Hall–Kier alpha value is -1.42. The molecule has 0 aromatic heterocycles. The van der Waals surface area contributed by atoms with Crippen LogP contribution in [0, 0.1) is 11.3 Å². The van der Waals surface area contributed by atoms with Crippen molar-refractivity contribution in [3.63, 3.8) is 0 Å². The molecule has 0 saturated heterocycles. The van der Waals surface area contributed by atoms with E-state index in [4.69, 9.17) is 5.26 Å². The van der Waals surface area contributed by atoms with E-state index in [0.717, 1.165) is 4.31 Å². The summed E-state index contributed by atoms with van der Waals surface area (Å²) < 4.78 is 25.1. The van der Waals surface area contributed by atoms with Gasteiger partial charge in [0.2, 0.25) is 10.0 Å². The Morgan fingerprint density at radius 3 is 2.61 bits per heavy atom. The number of benzene rings is 1. The lowest BCUT2D eigenvalue weighted by molar-refractivity contribution is 0.171. The molecule has 1 unspecified atom stereocenters. The molecule has 0 radical (unpaired) electrons. The fraction of sp³-hybridized carbons (Fsp3) is 0.417. The Labute approximate surface area is 107 Å². The molecule has 98 valence electrons. The molecule has 5 nitrogen and oxygen atoms in total. The Balaban J connectivity index is 2.93. The van der Waals surface area contributed by atoms with Crippen LogP contribution in [0.25, 0.3) is 0 Å². The summed E-state index contributed by atoms with van der Waals surface area (Å²) in [6.07, 6.45) is -0.726. The van der Waals surface area contributed by atoms with Crippen molar-refractivity contribution in [3.8, 4) is 6.07 Å². The summed E-state index contributed by atoms with van der Waals surface area (Å²) in [6, 6.07) is 8.55. The largest absolute Gasteiger partial charge is 0.392 e. The maximum atomic E-state index is 12.0. The van der Waals surface area contributed by atoms with Crippen LogP contribution in [-0.2, 0) is 15.8 Å². The molecule has 1 atom stereocenters. The van der Waals surface area contributed by atoms with Gasteiger partial charge in [-0.25, -0.2) is 12.7 Å². The first-order valence-corrected chi connectivity index (χ1v) is 7.08. The van der Waals surface area contributed by atoms with Crippen LogP contribution in [0.1, 0.15) is 18.1 Å². The Morgan fingerprint density at radius 2 is 2.06 bits per heavy atom. The van der Waals surface area contributed by atoms with E-state index < -0.39 is 16.1 Å². The summed E-state index contributed by atoms with van der Waals surface area (Å²) in [5.41, 5.74) is 0.823. The van der Waals surface area contributed by atoms with E-state index in [1.54, 1.807) is 24.3 Å². The number of nitrogens with zero attached hydrogens (tertiary/aromatic N) is 2. The second kappa shape index (κ2) is 5.96. The van der Waals surface area contributed by atoms with Crippen molar-refractivity contribution in [1.29, 1.82) is 5.26 Å². The van der Waals surface area contributed by atoms with Crippen LogP contribution < -0.4 is 0 Å². The van der Waals surface area contributed by atoms with Gasteiger partial charge in [0.05, 0.1) is 23.5 Å². The maximum absolute atomic E-state index is 12.0. The van der Waals surface area contributed by atoms with Gasteiger partial charge in [0.15, 0.2) is 0 Å². The molecule has 1 rings (SSSR count). The Bertz CT molecular complexity index is 547. The first-order chi connectivity index (χ1) is 8.36. The molecule has 1 N–H and O–H groups in total. The standard InChI is InChI=1S/C12H16N2O3S/c1-10(15)8-14(2)18(16,17)9-12-6-4-3-5-11(12)7-13/h3-6,10,15H,8-9H2,1-2H3. The van der Waals surface area contributed by atoms with Gasteiger partial charge in [-0.2, -0.15) is 5.26 Å². The normalized spacial score (nSPS) is 13.3. The van der Waals surface area contributed by atoms with Crippen LogP contribution in [0.5, 0.6) is 0 Å². The van der Waals surface area contributed by atoms with E-state index in [1.807, 2.05) is 6.07 Å². The fourth-order valence-corrected chi connectivity index (χ4v) is 2.86. The molecule has 18 heavy (non-hydrogen) atoms. The summed E-state index contributed by atoms with van der Waals surface area (Å²) in [5, 5.41) is 18.1. The highest BCUT2D eigenvalue weighted by Gasteiger charge is 2.21. The molecule has 0 spiro atoms. The minimum Gasteiger partial charge on any atom is -0.392 e. The molecule has 0 aliphatic heterocycles. The fourth-order valence-electron chi connectivity index (χ4n) is 1.55. The molecule has 0 amide bonds. The van der Waals surface area contributed by atoms with Crippen molar-refractivity contribution >= 4 is 10.0 Å². The Morgan fingerprint density at radius 1 is 1.44 bits per heavy atom. The monoisotopic (exact) mass is 268 g/mol. The predicted octanol–water partition coefficient (Wildman–Crippen LogP) is 0.701. The maximum Gasteiger partial charge on any atom is 0.218 e. The van der Waals surface area contributed by atoms with Crippen molar-refractivity contribution in [1.82, 2.24) is 4.31 Å². The SMILES string of the molecule is CC(O)CN(C)S(=O)(=O)Cc1ccccc1C#N. The lowest BCUT2D eigenvalue weighted by atomic mass is 10.1. The number of hydrogen-bond acceptors (Lipinski definition) is 4. The van der Waals surface area contributed by atoms with Gasteiger partial charge in [0, 0.05) is 13.6 Å². The van der Waals surface area contributed by atoms with Crippen molar-refractivity contribution in [2.75, 3.05) is 13.6 Å². The molecule has 0 bridgehead atoms. The molecule has 0 aliphatic carbocycles. The topological polar surface area (TPSA) is 81.4 Å². The number of sulfonamides is 1. The van der Waals surface area contributed by atoms with Gasteiger partial charge in [-0.1, -0.05) is 18.2 Å². The zero-order chi connectivity index (χ0) is 13.8. The van der Waals surface area contributed by atoms with E-state index in [-0.39, 0.29) is 12.3 Å². The lowest BCUT2D eigenvalue weighted by Crippen LogP contribution is -2.34. The molecular weight excluding hydrogens is 252 g/mol.